The summed E-state index contributed by atoms with van der Waals surface area (Å²) in [4.78, 5) is 23.8. The van der Waals surface area contributed by atoms with Crippen LogP contribution >= 0.6 is 11.8 Å². The van der Waals surface area contributed by atoms with Crippen LogP contribution < -0.4 is 5.32 Å². The highest BCUT2D eigenvalue weighted by molar-refractivity contribution is 7.99. The first-order valence-corrected chi connectivity index (χ1v) is 8.43. The third-order valence-corrected chi connectivity index (χ3v) is 4.42. The molecule has 6 heteroatoms. The van der Waals surface area contributed by atoms with Crippen molar-refractivity contribution in [3.05, 3.63) is 59.7 Å². The molecule has 0 aromatic heterocycles. The highest BCUT2D eigenvalue weighted by atomic mass is 32.2. The highest BCUT2D eigenvalue weighted by Crippen LogP contribution is 2.23. The number of rotatable bonds is 7. The minimum atomic E-state index is -0.611. The third kappa shape index (κ3) is 5.16. The van der Waals surface area contributed by atoms with Gasteiger partial charge < -0.3 is 5.32 Å². The molecule has 1 N–H and O–H groups in total. The lowest BCUT2D eigenvalue weighted by atomic mass is 10.1. The summed E-state index contributed by atoms with van der Waals surface area (Å²) in [6.45, 7) is 1.44. The van der Waals surface area contributed by atoms with Gasteiger partial charge in [-0.15, -0.1) is 11.8 Å². The van der Waals surface area contributed by atoms with E-state index in [1.807, 2.05) is 0 Å². The molecule has 0 saturated heterocycles. The molecule has 3 nitrogen and oxygen atoms in total. The van der Waals surface area contributed by atoms with Crippen molar-refractivity contribution in [1.82, 2.24) is 0 Å². The minimum absolute atomic E-state index is 0.117. The summed E-state index contributed by atoms with van der Waals surface area (Å²) in [6.07, 6.45) is 0.789. The zero-order valence-corrected chi connectivity index (χ0v) is 14.0. The van der Waals surface area contributed by atoms with Crippen LogP contribution in [0.3, 0.4) is 0 Å². The maximum absolute atomic E-state index is 13.5. The van der Waals surface area contributed by atoms with E-state index in [-0.39, 0.29) is 18.1 Å². The molecule has 0 spiro atoms. The van der Waals surface area contributed by atoms with Crippen molar-refractivity contribution in [3.8, 4) is 0 Å². The molecule has 126 valence electrons. The molecule has 2 rings (SSSR count). The number of hydrogen-bond acceptors (Lipinski definition) is 3. The van der Waals surface area contributed by atoms with Crippen LogP contribution in [0.2, 0.25) is 0 Å². The second-order valence-electron chi connectivity index (χ2n) is 5.18. The molecule has 0 bridgehead atoms. The number of thioether (sulfide) groups is 1. The molecule has 2 aromatic rings. The lowest BCUT2D eigenvalue weighted by Crippen LogP contribution is -2.14. The molecular formula is C18H17F2NO2S. The number of halogens is 2. The number of para-hydroxylation sites is 1. The van der Waals surface area contributed by atoms with Crippen molar-refractivity contribution in [2.45, 2.75) is 24.7 Å². The molecule has 0 fully saturated rings. The highest BCUT2D eigenvalue weighted by Gasteiger charge is 2.10. The Balaban J connectivity index is 1.81. The number of hydrogen-bond donors (Lipinski definition) is 1. The van der Waals surface area contributed by atoms with Crippen molar-refractivity contribution in [2.75, 3.05) is 11.1 Å². The Morgan fingerprint density at radius 1 is 1.12 bits per heavy atom. The second kappa shape index (κ2) is 8.59. The van der Waals surface area contributed by atoms with Gasteiger partial charge in [0.25, 0.3) is 0 Å². The molecular weight excluding hydrogens is 332 g/mol. The monoisotopic (exact) mass is 349 g/mol. The first kappa shape index (κ1) is 18.1. The van der Waals surface area contributed by atoms with Crippen LogP contribution in [-0.4, -0.2) is 17.4 Å². The molecule has 0 unspecified atom stereocenters. The topological polar surface area (TPSA) is 46.2 Å². The van der Waals surface area contributed by atoms with Gasteiger partial charge in [-0.3, -0.25) is 9.59 Å². The van der Waals surface area contributed by atoms with E-state index in [1.165, 1.54) is 30.8 Å². The molecule has 0 aliphatic carbocycles. The van der Waals surface area contributed by atoms with Crippen LogP contribution in [0.4, 0.5) is 14.5 Å². The van der Waals surface area contributed by atoms with Gasteiger partial charge in [0.2, 0.25) is 5.91 Å². The molecule has 0 radical (unpaired) electrons. The van der Waals surface area contributed by atoms with Crippen LogP contribution in [0.15, 0.2) is 47.4 Å². The normalized spacial score (nSPS) is 10.5. The van der Waals surface area contributed by atoms with Crippen molar-refractivity contribution in [2.24, 2.45) is 0 Å². The standard InChI is InChI=1S/C18H17F2NO2S/c1-12(22)14-5-2-3-6-16(14)21-18(23)7-4-10-24-17-9-8-13(19)11-15(17)20/h2-3,5-6,8-9,11H,4,7,10H2,1H3,(H,21,23). The fraction of sp³-hybridized carbons (Fsp3) is 0.222. The number of Topliss-reactive ketones (excluding diaryl/α,β-unsaturated/α-hetero) is 1. The number of benzene rings is 2. The van der Waals surface area contributed by atoms with E-state index in [4.69, 9.17) is 0 Å². The molecule has 0 atom stereocenters. The zero-order valence-electron chi connectivity index (χ0n) is 13.1. The van der Waals surface area contributed by atoms with E-state index in [0.717, 1.165) is 6.07 Å². The van der Waals surface area contributed by atoms with Gasteiger partial charge in [0.15, 0.2) is 5.78 Å². The largest absolute Gasteiger partial charge is 0.325 e. The average Bonchev–Trinajstić information content (AvgIpc) is 2.53. The van der Waals surface area contributed by atoms with Gasteiger partial charge in [0.1, 0.15) is 11.6 Å². The van der Waals surface area contributed by atoms with Gasteiger partial charge in [0.05, 0.1) is 5.69 Å². The number of nitrogens with one attached hydrogen (secondary N) is 1. The van der Waals surface area contributed by atoms with Gasteiger partial charge in [-0.05, 0) is 43.4 Å². The van der Waals surface area contributed by atoms with Crippen molar-refractivity contribution in [3.63, 3.8) is 0 Å². The smallest absolute Gasteiger partial charge is 0.224 e. The first-order valence-electron chi connectivity index (χ1n) is 7.45. The Morgan fingerprint density at radius 2 is 1.88 bits per heavy atom. The van der Waals surface area contributed by atoms with Gasteiger partial charge >= 0.3 is 0 Å². The maximum Gasteiger partial charge on any atom is 0.224 e. The second-order valence-corrected chi connectivity index (χ2v) is 6.31. The average molecular weight is 349 g/mol. The Hall–Kier alpha value is -2.21. The number of amides is 1. The summed E-state index contributed by atoms with van der Waals surface area (Å²) < 4.78 is 26.3. The fourth-order valence-corrected chi connectivity index (χ4v) is 2.99. The Kier molecular flexibility index (Phi) is 6.49. The number of carbonyl (C=O) groups excluding carboxylic acids is 2. The molecule has 1 amide bonds. The van der Waals surface area contributed by atoms with Gasteiger partial charge in [0, 0.05) is 22.9 Å². The number of carbonyl (C=O) groups is 2. The molecule has 0 heterocycles. The van der Waals surface area contributed by atoms with E-state index in [2.05, 4.69) is 5.32 Å². The molecule has 2 aromatic carbocycles. The zero-order chi connectivity index (χ0) is 17.5. The molecule has 0 aliphatic rings. The summed E-state index contributed by atoms with van der Waals surface area (Å²) in [6, 6.07) is 10.3. The Bertz CT molecular complexity index is 750. The minimum Gasteiger partial charge on any atom is -0.325 e. The Labute approximate surface area is 143 Å². The predicted molar refractivity (Wildman–Crippen MR) is 91.4 cm³/mol. The van der Waals surface area contributed by atoms with E-state index >= 15 is 0 Å². The van der Waals surface area contributed by atoms with E-state index in [9.17, 15) is 18.4 Å². The van der Waals surface area contributed by atoms with E-state index in [0.29, 0.717) is 28.3 Å². The van der Waals surface area contributed by atoms with Crippen LogP contribution in [0.1, 0.15) is 30.1 Å². The van der Waals surface area contributed by atoms with Crippen LogP contribution in [0, 0.1) is 11.6 Å². The van der Waals surface area contributed by atoms with Gasteiger partial charge in [-0.1, -0.05) is 12.1 Å². The maximum atomic E-state index is 13.5. The molecule has 0 saturated carbocycles. The summed E-state index contributed by atoms with van der Waals surface area (Å²) in [5.41, 5.74) is 0.959. The molecule has 24 heavy (non-hydrogen) atoms. The Morgan fingerprint density at radius 3 is 2.58 bits per heavy atom. The van der Waals surface area contributed by atoms with E-state index < -0.39 is 11.6 Å². The van der Waals surface area contributed by atoms with Crippen molar-refractivity contribution < 1.29 is 18.4 Å². The van der Waals surface area contributed by atoms with Crippen molar-refractivity contribution >= 4 is 29.1 Å². The van der Waals surface area contributed by atoms with Crippen LogP contribution in [-0.2, 0) is 4.79 Å². The fourth-order valence-electron chi connectivity index (χ4n) is 2.12. The number of anilines is 1. The number of ketones is 1. The van der Waals surface area contributed by atoms with Crippen LogP contribution in [0.25, 0.3) is 0 Å². The summed E-state index contributed by atoms with van der Waals surface area (Å²) >= 11 is 1.24. The van der Waals surface area contributed by atoms with Gasteiger partial charge in [-0.2, -0.15) is 0 Å². The SMILES string of the molecule is CC(=O)c1ccccc1NC(=O)CCCSc1ccc(F)cc1F. The quantitative estimate of drug-likeness (QED) is 0.448. The van der Waals surface area contributed by atoms with Crippen molar-refractivity contribution in [1.29, 1.82) is 0 Å². The third-order valence-electron chi connectivity index (χ3n) is 3.28. The lowest BCUT2D eigenvalue weighted by molar-refractivity contribution is -0.116. The summed E-state index contributed by atoms with van der Waals surface area (Å²) in [5, 5.41) is 2.72. The summed E-state index contributed by atoms with van der Waals surface area (Å²) in [7, 11) is 0. The first-order chi connectivity index (χ1) is 11.5. The molecule has 0 aliphatic heterocycles. The van der Waals surface area contributed by atoms with Crippen LogP contribution in [0.5, 0.6) is 0 Å². The predicted octanol–water partition coefficient (Wildman–Crippen LogP) is 4.68. The summed E-state index contributed by atoms with van der Waals surface area (Å²) in [5.74, 6) is -0.998. The lowest BCUT2D eigenvalue weighted by Gasteiger charge is -2.09. The van der Waals surface area contributed by atoms with E-state index in [1.54, 1.807) is 24.3 Å². The van der Waals surface area contributed by atoms with Gasteiger partial charge in [-0.25, -0.2) is 8.78 Å².